The molecule has 170 valence electrons. The summed E-state index contributed by atoms with van der Waals surface area (Å²) in [6, 6.07) is 9.34. The van der Waals surface area contributed by atoms with Crippen molar-refractivity contribution in [3.63, 3.8) is 0 Å². The fourth-order valence-electron chi connectivity index (χ4n) is 4.88. The number of benzene rings is 1. The number of carbonyl (C=O) groups is 3. The summed E-state index contributed by atoms with van der Waals surface area (Å²) in [6.45, 7) is 6.04. The Bertz CT molecular complexity index is 1020. The van der Waals surface area contributed by atoms with Crippen molar-refractivity contribution >= 4 is 17.8 Å². The van der Waals surface area contributed by atoms with Gasteiger partial charge in [-0.3, -0.25) is 14.5 Å². The lowest BCUT2D eigenvalue weighted by Crippen LogP contribution is -2.50. The van der Waals surface area contributed by atoms with Crippen molar-refractivity contribution < 1.29 is 14.4 Å². The molecule has 1 spiro atoms. The monoisotopic (exact) mass is 437 g/mol. The Balaban J connectivity index is 1.38. The highest BCUT2D eigenvalue weighted by molar-refractivity contribution is 6.09. The van der Waals surface area contributed by atoms with Gasteiger partial charge in [0.2, 0.25) is 5.91 Å². The molecule has 1 aliphatic carbocycles. The number of amides is 4. The minimum atomic E-state index is -0.826. The number of para-hydroxylation sites is 1. The van der Waals surface area contributed by atoms with Crippen LogP contribution in [0.15, 0.2) is 30.3 Å². The maximum atomic E-state index is 13.0. The van der Waals surface area contributed by atoms with Gasteiger partial charge < -0.3 is 10.6 Å². The number of hydrogen-bond acceptors (Lipinski definition) is 4. The summed E-state index contributed by atoms with van der Waals surface area (Å²) in [5, 5.41) is 10.3. The van der Waals surface area contributed by atoms with Crippen LogP contribution >= 0.6 is 0 Å². The normalized spacial score (nSPS) is 23.0. The fourth-order valence-corrected chi connectivity index (χ4v) is 4.88. The van der Waals surface area contributed by atoms with E-state index in [1.165, 1.54) is 0 Å². The highest BCUT2D eigenvalue weighted by atomic mass is 16.2. The molecule has 0 radical (unpaired) electrons. The van der Waals surface area contributed by atoms with Crippen LogP contribution in [0.25, 0.3) is 5.69 Å². The molecular formula is C24H31N5O3. The summed E-state index contributed by atoms with van der Waals surface area (Å²) >= 11 is 0. The number of urea groups is 1. The van der Waals surface area contributed by atoms with E-state index in [9.17, 15) is 14.4 Å². The molecule has 4 rings (SSSR count). The fraction of sp³-hybridized carbons (Fsp3) is 0.500. The Kier molecular flexibility index (Phi) is 6.04. The predicted octanol–water partition coefficient (Wildman–Crippen LogP) is 3.00. The summed E-state index contributed by atoms with van der Waals surface area (Å²) in [6.07, 6.45) is 4.22. The van der Waals surface area contributed by atoms with Crippen molar-refractivity contribution in [2.75, 3.05) is 6.54 Å². The summed E-state index contributed by atoms with van der Waals surface area (Å²) < 4.78 is 1.85. The molecule has 0 bridgehead atoms. The van der Waals surface area contributed by atoms with Gasteiger partial charge in [-0.15, -0.1) is 0 Å². The molecule has 1 aliphatic heterocycles. The summed E-state index contributed by atoms with van der Waals surface area (Å²) in [5.74, 6) is -0.0264. The van der Waals surface area contributed by atoms with Crippen molar-refractivity contribution in [3.05, 3.63) is 47.3 Å². The van der Waals surface area contributed by atoms with Crippen LogP contribution in [0.5, 0.6) is 0 Å². The second-order valence-corrected chi connectivity index (χ2v) is 8.93. The average Bonchev–Trinajstić information content (AvgIpc) is 3.21. The van der Waals surface area contributed by atoms with Gasteiger partial charge in [0.1, 0.15) is 12.1 Å². The van der Waals surface area contributed by atoms with E-state index in [0.29, 0.717) is 18.8 Å². The third-order valence-corrected chi connectivity index (χ3v) is 6.99. The number of nitrogens with zero attached hydrogens (tertiary/aromatic N) is 3. The smallest absolute Gasteiger partial charge is 0.325 e. The summed E-state index contributed by atoms with van der Waals surface area (Å²) in [7, 11) is 0. The van der Waals surface area contributed by atoms with Crippen LogP contribution in [-0.4, -0.2) is 44.6 Å². The Morgan fingerprint density at radius 3 is 2.53 bits per heavy atom. The third kappa shape index (κ3) is 4.01. The van der Waals surface area contributed by atoms with Crippen LogP contribution in [0.1, 0.15) is 56.0 Å². The number of imide groups is 1. The quantitative estimate of drug-likeness (QED) is 0.679. The van der Waals surface area contributed by atoms with Crippen molar-refractivity contribution in [1.82, 2.24) is 25.3 Å². The first-order chi connectivity index (χ1) is 15.3. The molecule has 2 N–H and O–H groups in total. The number of nitrogens with one attached hydrogen (secondary N) is 2. The second kappa shape index (κ2) is 8.76. The van der Waals surface area contributed by atoms with Gasteiger partial charge in [-0.2, -0.15) is 5.10 Å². The van der Waals surface area contributed by atoms with E-state index in [1.807, 2.05) is 48.9 Å². The van der Waals surface area contributed by atoms with Gasteiger partial charge in [0.15, 0.2) is 0 Å². The van der Waals surface area contributed by atoms with Crippen molar-refractivity contribution in [2.24, 2.45) is 5.92 Å². The first-order valence-corrected chi connectivity index (χ1v) is 11.4. The van der Waals surface area contributed by atoms with Gasteiger partial charge in [-0.1, -0.05) is 31.5 Å². The number of hydrogen-bond donors (Lipinski definition) is 2. The zero-order valence-electron chi connectivity index (χ0n) is 19.0. The highest BCUT2D eigenvalue weighted by Gasteiger charge is 2.52. The van der Waals surface area contributed by atoms with E-state index < -0.39 is 11.6 Å². The molecule has 2 aromatic rings. The molecule has 0 unspecified atom stereocenters. The Morgan fingerprint density at radius 1 is 1.19 bits per heavy atom. The standard InChI is InChI=1S/C24H31N5O3/c1-4-18-10-12-24(13-11-18)22(31)28(23(32)26-24)15-21(30)25-14-20-16(2)27-29(17(20)3)19-8-6-5-7-9-19/h5-9,18H,4,10-15H2,1-3H3,(H,25,30)(H,26,32). The number of aromatic nitrogens is 2. The van der Waals surface area contributed by atoms with Gasteiger partial charge >= 0.3 is 6.03 Å². The van der Waals surface area contributed by atoms with Crippen LogP contribution in [0.4, 0.5) is 4.79 Å². The Hall–Kier alpha value is -3.16. The zero-order valence-corrected chi connectivity index (χ0v) is 19.0. The molecule has 1 saturated carbocycles. The van der Waals surface area contributed by atoms with Gasteiger partial charge in [0.25, 0.3) is 5.91 Å². The van der Waals surface area contributed by atoms with E-state index >= 15 is 0 Å². The van der Waals surface area contributed by atoms with E-state index in [2.05, 4.69) is 22.7 Å². The van der Waals surface area contributed by atoms with E-state index in [0.717, 1.165) is 46.8 Å². The van der Waals surface area contributed by atoms with E-state index in [1.54, 1.807) is 0 Å². The lowest BCUT2D eigenvalue weighted by atomic mass is 9.75. The molecule has 4 amide bonds. The summed E-state index contributed by atoms with van der Waals surface area (Å²) in [4.78, 5) is 39.2. The first-order valence-electron chi connectivity index (χ1n) is 11.4. The van der Waals surface area contributed by atoms with Crippen molar-refractivity contribution in [1.29, 1.82) is 0 Å². The third-order valence-electron chi connectivity index (χ3n) is 6.99. The van der Waals surface area contributed by atoms with Crippen LogP contribution in [0.2, 0.25) is 0 Å². The van der Waals surface area contributed by atoms with Crippen LogP contribution < -0.4 is 10.6 Å². The van der Waals surface area contributed by atoms with Crippen LogP contribution in [-0.2, 0) is 16.1 Å². The molecule has 1 aromatic carbocycles. The maximum absolute atomic E-state index is 13.0. The maximum Gasteiger partial charge on any atom is 0.325 e. The topological polar surface area (TPSA) is 96.3 Å². The Labute approximate surface area is 188 Å². The molecule has 1 aromatic heterocycles. The van der Waals surface area contributed by atoms with Crippen molar-refractivity contribution in [3.8, 4) is 5.69 Å². The second-order valence-electron chi connectivity index (χ2n) is 8.93. The van der Waals surface area contributed by atoms with Crippen LogP contribution in [0, 0.1) is 19.8 Å². The van der Waals surface area contributed by atoms with Gasteiger partial charge in [-0.25, -0.2) is 9.48 Å². The molecule has 2 aliphatic rings. The molecule has 8 nitrogen and oxygen atoms in total. The zero-order chi connectivity index (χ0) is 22.9. The van der Waals surface area contributed by atoms with E-state index in [-0.39, 0.29) is 24.9 Å². The lowest BCUT2D eigenvalue weighted by Gasteiger charge is -2.34. The molecule has 0 atom stereocenters. The summed E-state index contributed by atoms with van der Waals surface area (Å²) in [5.41, 5.74) is 2.82. The molecular weight excluding hydrogens is 406 g/mol. The van der Waals surface area contributed by atoms with Crippen molar-refractivity contribution in [2.45, 2.75) is 65.0 Å². The van der Waals surface area contributed by atoms with Crippen LogP contribution in [0.3, 0.4) is 0 Å². The lowest BCUT2D eigenvalue weighted by molar-refractivity contribution is -0.136. The molecule has 1 saturated heterocycles. The highest BCUT2D eigenvalue weighted by Crippen LogP contribution is 2.37. The SMILES string of the molecule is CCC1CCC2(CC1)NC(=O)N(CC(=O)NCc1c(C)nn(-c3ccccc3)c1C)C2=O. The molecule has 2 heterocycles. The Morgan fingerprint density at radius 2 is 1.88 bits per heavy atom. The largest absolute Gasteiger partial charge is 0.350 e. The molecule has 32 heavy (non-hydrogen) atoms. The first kappa shape index (κ1) is 22.0. The molecule has 8 heteroatoms. The minimum absolute atomic E-state index is 0.267. The minimum Gasteiger partial charge on any atom is -0.350 e. The predicted molar refractivity (Wildman–Crippen MR) is 120 cm³/mol. The number of aryl methyl sites for hydroxylation is 1. The van der Waals surface area contributed by atoms with Gasteiger partial charge in [0, 0.05) is 17.8 Å². The number of rotatable bonds is 6. The van der Waals surface area contributed by atoms with Gasteiger partial charge in [-0.05, 0) is 57.6 Å². The molecule has 2 fully saturated rings. The van der Waals surface area contributed by atoms with E-state index in [4.69, 9.17) is 0 Å². The van der Waals surface area contributed by atoms with Gasteiger partial charge in [0.05, 0.1) is 11.4 Å². The average molecular weight is 438 g/mol. The number of carbonyl (C=O) groups excluding carboxylic acids is 3.